The third-order valence-corrected chi connectivity index (χ3v) is 5.06. The fourth-order valence-corrected chi connectivity index (χ4v) is 3.66. The molecule has 29 heavy (non-hydrogen) atoms. The lowest BCUT2D eigenvalue weighted by molar-refractivity contribution is 0.0694. The summed E-state index contributed by atoms with van der Waals surface area (Å²) in [6.07, 6.45) is 2.19. The van der Waals surface area contributed by atoms with Crippen molar-refractivity contribution in [1.82, 2.24) is 4.57 Å². The minimum absolute atomic E-state index is 0.116. The van der Waals surface area contributed by atoms with Gasteiger partial charge in [-0.25, -0.2) is 4.79 Å². The molecule has 1 aromatic carbocycles. The molecule has 1 aliphatic heterocycles. The third kappa shape index (κ3) is 4.58. The molecule has 1 aromatic heterocycles. The van der Waals surface area contributed by atoms with Gasteiger partial charge >= 0.3 is 5.97 Å². The van der Waals surface area contributed by atoms with E-state index >= 15 is 0 Å². The van der Waals surface area contributed by atoms with Gasteiger partial charge in [0, 0.05) is 23.9 Å². The normalized spacial score (nSPS) is 15.5. The standard InChI is InChI=1S/C22H26ClNO5/c1-12(2)5-14-11-29-20-8-21(28-10-13(3)4)17(23)6-15(20)18-7-19(25)16(22(26)27)9-24(14)18/h6-9,12-14H,5,10-11H2,1-4H3,(H,26,27). The molecule has 0 aliphatic carbocycles. The largest absolute Gasteiger partial charge is 0.492 e. The molecule has 0 radical (unpaired) electrons. The highest BCUT2D eigenvalue weighted by molar-refractivity contribution is 6.32. The third-order valence-electron chi connectivity index (χ3n) is 4.76. The summed E-state index contributed by atoms with van der Waals surface area (Å²) >= 11 is 6.44. The van der Waals surface area contributed by atoms with E-state index in [4.69, 9.17) is 21.1 Å². The highest BCUT2D eigenvalue weighted by atomic mass is 35.5. The molecule has 0 saturated heterocycles. The topological polar surface area (TPSA) is 77.8 Å². The first-order valence-electron chi connectivity index (χ1n) is 9.76. The molecule has 3 rings (SSSR count). The molecule has 2 aromatic rings. The molecule has 7 heteroatoms. The maximum Gasteiger partial charge on any atom is 0.341 e. The van der Waals surface area contributed by atoms with Crippen molar-refractivity contribution in [1.29, 1.82) is 0 Å². The van der Waals surface area contributed by atoms with Gasteiger partial charge in [-0.3, -0.25) is 4.79 Å². The molecule has 1 N–H and O–H groups in total. The van der Waals surface area contributed by atoms with Crippen molar-refractivity contribution in [2.45, 2.75) is 40.2 Å². The van der Waals surface area contributed by atoms with Crippen molar-refractivity contribution in [2.75, 3.05) is 13.2 Å². The molecule has 1 atom stereocenters. The maximum atomic E-state index is 12.4. The Balaban J connectivity index is 2.16. The number of carboxylic acid groups (broad SMARTS) is 1. The smallest absolute Gasteiger partial charge is 0.341 e. The Morgan fingerprint density at radius 3 is 2.62 bits per heavy atom. The summed E-state index contributed by atoms with van der Waals surface area (Å²) in [7, 11) is 0. The fraction of sp³-hybridized carbons (Fsp3) is 0.455. The monoisotopic (exact) mass is 419 g/mol. The Bertz CT molecular complexity index is 980. The van der Waals surface area contributed by atoms with E-state index in [0.29, 0.717) is 52.8 Å². The summed E-state index contributed by atoms with van der Waals surface area (Å²) in [6.45, 7) is 9.15. The predicted molar refractivity (Wildman–Crippen MR) is 112 cm³/mol. The average molecular weight is 420 g/mol. The zero-order valence-corrected chi connectivity index (χ0v) is 17.8. The number of benzene rings is 1. The van der Waals surface area contributed by atoms with Crippen LogP contribution in [-0.4, -0.2) is 28.9 Å². The van der Waals surface area contributed by atoms with Gasteiger partial charge in [-0.05, 0) is 24.3 Å². The van der Waals surface area contributed by atoms with E-state index in [2.05, 4.69) is 13.8 Å². The van der Waals surface area contributed by atoms with Crippen LogP contribution in [0.25, 0.3) is 11.3 Å². The van der Waals surface area contributed by atoms with Crippen LogP contribution in [0.3, 0.4) is 0 Å². The van der Waals surface area contributed by atoms with E-state index in [1.165, 1.54) is 12.3 Å². The van der Waals surface area contributed by atoms with E-state index in [0.717, 1.165) is 6.42 Å². The second-order valence-corrected chi connectivity index (χ2v) is 8.63. The molecular weight excluding hydrogens is 394 g/mol. The van der Waals surface area contributed by atoms with Crippen molar-refractivity contribution in [2.24, 2.45) is 11.8 Å². The molecule has 1 unspecified atom stereocenters. The van der Waals surface area contributed by atoms with Crippen molar-refractivity contribution in [3.05, 3.63) is 45.2 Å². The molecular formula is C22H26ClNO5. The fourth-order valence-electron chi connectivity index (χ4n) is 3.44. The number of aromatic carboxylic acids is 1. The number of carboxylic acids is 1. The molecule has 0 fully saturated rings. The van der Waals surface area contributed by atoms with Crippen LogP contribution >= 0.6 is 11.6 Å². The summed E-state index contributed by atoms with van der Waals surface area (Å²) in [6, 6.07) is 4.71. The number of pyridine rings is 1. The number of ether oxygens (including phenoxy) is 2. The summed E-state index contributed by atoms with van der Waals surface area (Å²) < 4.78 is 13.7. The van der Waals surface area contributed by atoms with Crippen LogP contribution in [0.15, 0.2) is 29.2 Å². The molecule has 6 nitrogen and oxygen atoms in total. The summed E-state index contributed by atoms with van der Waals surface area (Å²) in [4.78, 5) is 23.9. The van der Waals surface area contributed by atoms with Crippen LogP contribution in [0.4, 0.5) is 0 Å². The molecule has 0 spiro atoms. The van der Waals surface area contributed by atoms with Crippen molar-refractivity contribution < 1.29 is 19.4 Å². The van der Waals surface area contributed by atoms with Gasteiger partial charge in [0.25, 0.3) is 0 Å². The maximum absolute atomic E-state index is 12.4. The van der Waals surface area contributed by atoms with Crippen LogP contribution in [0.5, 0.6) is 11.5 Å². The zero-order valence-electron chi connectivity index (χ0n) is 17.1. The Morgan fingerprint density at radius 1 is 1.28 bits per heavy atom. The van der Waals surface area contributed by atoms with Crippen LogP contribution in [0, 0.1) is 11.8 Å². The zero-order chi connectivity index (χ0) is 21.3. The van der Waals surface area contributed by atoms with Crippen LogP contribution in [0.1, 0.15) is 50.5 Å². The van der Waals surface area contributed by atoms with Gasteiger partial charge in [0.15, 0.2) is 5.43 Å². The van der Waals surface area contributed by atoms with E-state index in [1.807, 2.05) is 18.4 Å². The summed E-state index contributed by atoms with van der Waals surface area (Å²) in [5.74, 6) is 0.552. The van der Waals surface area contributed by atoms with E-state index < -0.39 is 11.4 Å². The van der Waals surface area contributed by atoms with Gasteiger partial charge in [-0.15, -0.1) is 0 Å². The van der Waals surface area contributed by atoms with Crippen molar-refractivity contribution in [3.8, 4) is 22.8 Å². The number of aromatic nitrogens is 1. The summed E-state index contributed by atoms with van der Waals surface area (Å²) in [5, 5.41) is 9.82. The number of carbonyl (C=O) groups is 1. The Kier molecular flexibility index (Phi) is 6.22. The lowest BCUT2D eigenvalue weighted by Crippen LogP contribution is -2.23. The Hall–Kier alpha value is -2.47. The van der Waals surface area contributed by atoms with E-state index in [9.17, 15) is 14.7 Å². The van der Waals surface area contributed by atoms with Gasteiger partial charge in [-0.1, -0.05) is 39.3 Å². The first-order chi connectivity index (χ1) is 13.7. The van der Waals surface area contributed by atoms with Gasteiger partial charge in [0.05, 0.1) is 23.4 Å². The minimum Gasteiger partial charge on any atom is -0.492 e. The predicted octanol–water partition coefficient (Wildman–Crippen LogP) is 4.88. The lowest BCUT2D eigenvalue weighted by atomic mass is 10.0. The van der Waals surface area contributed by atoms with Crippen LogP contribution < -0.4 is 14.9 Å². The van der Waals surface area contributed by atoms with Crippen LogP contribution in [-0.2, 0) is 0 Å². The van der Waals surface area contributed by atoms with Crippen molar-refractivity contribution >= 4 is 17.6 Å². The number of hydrogen-bond donors (Lipinski definition) is 1. The molecule has 1 aliphatic rings. The second kappa shape index (κ2) is 8.49. The molecule has 0 saturated carbocycles. The number of rotatable bonds is 6. The molecule has 0 amide bonds. The van der Waals surface area contributed by atoms with Gasteiger partial charge in [0.2, 0.25) is 0 Å². The highest BCUT2D eigenvalue weighted by Gasteiger charge is 2.26. The van der Waals surface area contributed by atoms with Crippen LogP contribution in [0.2, 0.25) is 5.02 Å². The van der Waals surface area contributed by atoms with Gasteiger partial charge in [-0.2, -0.15) is 0 Å². The number of halogens is 1. The van der Waals surface area contributed by atoms with E-state index in [-0.39, 0.29) is 11.6 Å². The number of nitrogens with zero attached hydrogens (tertiary/aromatic N) is 1. The van der Waals surface area contributed by atoms with Crippen molar-refractivity contribution in [3.63, 3.8) is 0 Å². The average Bonchev–Trinajstić information content (AvgIpc) is 2.76. The van der Waals surface area contributed by atoms with E-state index in [1.54, 1.807) is 12.1 Å². The SMILES string of the molecule is CC(C)COc1cc2c(cc1Cl)-c1cc(=O)c(C(=O)O)cn1C(CC(C)C)CO2. The molecule has 156 valence electrons. The quantitative estimate of drug-likeness (QED) is 0.721. The second-order valence-electron chi connectivity index (χ2n) is 8.23. The minimum atomic E-state index is -1.24. The summed E-state index contributed by atoms with van der Waals surface area (Å²) in [5.41, 5.74) is 0.438. The highest BCUT2D eigenvalue weighted by Crippen LogP contribution is 2.42. The van der Waals surface area contributed by atoms with Gasteiger partial charge < -0.3 is 19.1 Å². The molecule has 2 heterocycles. The first-order valence-corrected chi connectivity index (χ1v) is 10.1. The number of hydrogen-bond acceptors (Lipinski definition) is 4. The Morgan fingerprint density at radius 2 is 2.00 bits per heavy atom. The molecule has 0 bridgehead atoms. The Labute approximate surface area is 175 Å². The van der Waals surface area contributed by atoms with Gasteiger partial charge in [0.1, 0.15) is 23.7 Å². The first kappa shape index (κ1) is 21.2. The lowest BCUT2D eigenvalue weighted by Gasteiger charge is -2.22. The number of fused-ring (bicyclic) bond motifs is 3.